The number of aryl methyl sites for hydroxylation is 1. The van der Waals surface area contributed by atoms with Crippen LogP contribution in [0.1, 0.15) is 21.6 Å². The van der Waals surface area contributed by atoms with Gasteiger partial charge in [-0.1, -0.05) is 53.2 Å². The van der Waals surface area contributed by atoms with Crippen LogP contribution < -0.4 is 4.74 Å². The number of hydrogen-bond donors (Lipinski definition) is 0. The van der Waals surface area contributed by atoms with Gasteiger partial charge in [-0.15, -0.1) is 5.10 Å². The Morgan fingerprint density at radius 3 is 2.55 bits per heavy atom. The molecular weight excluding hydrogens is 278 g/mol. The molecule has 0 fully saturated rings. The second kappa shape index (κ2) is 6.22. The summed E-state index contributed by atoms with van der Waals surface area (Å²) in [5, 5.41) is 7.82. The summed E-state index contributed by atoms with van der Waals surface area (Å²) in [6, 6.07) is 17.1. The van der Waals surface area contributed by atoms with Crippen LogP contribution in [0.4, 0.5) is 0 Å². The highest BCUT2D eigenvalue weighted by molar-refractivity contribution is 5.88. The van der Waals surface area contributed by atoms with E-state index in [0.717, 1.165) is 11.1 Å². The van der Waals surface area contributed by atoms with Crippen molar-refractivity contribution in [3.05, 3.63) is 77.6 Å². The first-order chi connectivity index (χ1) is 10.7. The van der Waals surface area contributed by atoms with Crippen molar-refractivity contribution < 1.29 is 9.53 Å². The fourth-order valence-corrected chi connectivity index (χ4v) is 2.01. The Kier molecular flexibility index (Phi) is 3.96. The third-order valence-electron chi connectivity index (χ3n) is 3.17. The highest BCUT2D eigenvalue weighted by Crippen LogP contribution is 2.13. The van der Waals surface area contributed by atoms with Crippen molar-refractivity contribution >= 4 is 5.97 Å². The zero-order chi connectivity index (χ0) is 15.4. The summed E-state index contributed by atoms with van der Waals surface area (Å²) in [5.41, 5.74) is 2.39. The van der Waals surface area contributed by atoms with Gasteiger partial charge in [-0.25, -0.2) is 9.48 Å². The van der Waals surface area contributed by atoms with Crippen LogP contribution >= 0.6 is 0 Å². The van der Waals surface area contributed by atoms with Crippen LogP contribution in [0.15, 0.2) is 60.8 Å². The van der Waals surface area contributed by atoms with E-state index in [1.165, 1.54) is 0 Å². The lowest BCUT2D eigenvalue weighted by Gasteiger charge is -2.02. The number of nitrogens with zero attached hydrogens (tertiary/aromatic N) is 3. The van der Waals surface area contributed by atoms with E-state index in [9.17, 15) is 4.79 Å². The summed E-state index contributed by atoms with van der Waals surface area (Å²) in [5.74, 6) is -0.0172. The predicted molar refractivity (Wildman–Crippen MR) is 81.7 cm³/mol. The van der Waals surface area contributed by atoms with Crippen molar-refractivity contribution in [3.8, 4) is 5.75 Å². The van der Waals surface area contributed by atoms with E-state index >= 15 is 0 Å². The Morgan fingerprint density at radius 2 is 1.82 bits per heavy atom. The number of rotatable bonds is 4. The summed E-state index contributed by atoms with van der Waals surface area (Å²) in [6.07, 6.45) is 1.59. The molecule has 5 heteroatoms. The van der Waals surface area contributed by atoms with Crippen LogP contribution in [0.25, 0.3) is 0 Å². The van der Waals surface area contributed by atoms with Crippen LogP contribution in [0.5, 0.6) is 5.75 Å². The van der Waals surface area contributed by atoms with Crippen molar-refractivity contribution in [1.82, 2.24) is 15.0 Å². The molecule has 2 aromatic carbocycles. The molecule has 0 spiro atoms. The number of hydrogen-bond acceptors (Lipinski definition) is 4. The van der Waals surface area contributed by atoms with E-state index in [1.807, 2.05) is 49.4 Å². The van der Waals surface area contributed by atoms with E-state index in [-0.39, 0.29) is 5.69 Å². The minimum absolute atomic E-state index is 0.191. The number of ether oxygens (including phenoxy) is 1. The van der Waals surface area contributed by atoms with Crippen LogP contribution in [0.3, 0.4) is 0 Å². The molecule has 0 saturated carbocycles. The maximum absolute atomic E-state index is 12.0. The molecule has 5 nitrogen and oxygen atoms in total. The third kappa shape index (κ3) is 3.38. The van der Waals surface area contributed by atoms with Gasteiger partial charge in [-0.3, -0.25) is 0 Å². The maximum Gasteiger partial charge on any atom is 0.365 e. The lowest BCUT2D eigenvalue weighted by Crippen LogP contribution is -2.09. The molecule has 1 heterocycles. The zero-order valence-electron chi connectivity index (χ0n) is 12.1. The molecular formula is C17H15N3O2. The molecule has 0 aliphatic rings. The minimum Gasteiger partial charge on any atom is -0.422 e. The fourth-order valence-electron chi connectivity index (χ4n) is 2.01. The number of carbonyl (C=O) groups excluding carboxylic acids is 1. The normalized spacial score (nSPS) is 10.4. The second-order valence-corrected chi connectivity index (χ2v) is 4.99. The Morgan fingerprint density at radius 1 is 1.09 bits per heavy atom. The Labute approximate surface area is 128 Å². The van der Waals surface area contributed by atoms with Crippen LogP contribution in [0.2, 0.25) is 0 Å². The Balaban J connectivity index is 1.67. The number of carbonyl (C=O) groups is 1. The highest BCUT2D eigenvalue weighted by Gasteiger charge is 2.13. The molecule has 0 radical (unpaired) electrons. The molecule has 0 atom stereocenters. The maximum atomic E-state index is 12.0. The fraction of sp³-hybridized carbons (Fsp3) is 0.118. The number of esters is 1. The van der Waals surface area contributed by atoms with E-state index < -0.39 is 5.97 Å². The van der Waals surface area contributed by atoms with Gasteiger partial charge in [0.2, 0.25) is 0 Å². The summed E-state index contributed by atoms with van der Waals surface area (Å²) in [7, 11) is 0. The van der Waals surface area contributed by atoms with Gasteiger partial charge in [0.05, 0.1) is 12.7 Å². The van der Waals surface area contributed by atoms with Crippen molar-refractivity contribution in [2.24, 2.45) is 0 Å². The number of benzene rings is 2. The smallest absolute Gasteiger partial charge is 0.365 e. The SMILES string of the molecule is Cc1ccc(OC(=O)c2cn(Cc3ccccc3)nn2)cc1. The largest absolute Gasteiger partial charge is 0.422 e. The molecule has 1 aromatic heterocycles. The van der Waals surface area contributed by atoms with E-state index in [4.69, 9.17) is 4.74 Å². The third-order valence-corrected chi connectivity index (χ3v) is 3.17. The lowest BCUT2D eigenvalue weighted by molar-refractivity contribution is 0.0728. The molecule has 0 aliphatic heterocycles. The molecule has 0 amide bonds. The molecule has 22 heavy (non-hydrogen) atoms. The van der Waals surface area contributed by atoms with Crippen LogP contribution in [-0.2, 0) is 6.54 Å². The molecule has 3 aromatic rings. The average Bonchev–Trinajstić information content (AvgIpc) is 2.99. The van der Waals surface area contributed by atoms with Gasteiger partial charge in [-0.05, 0) is 24.6 Å². The number of aromatic nitrogens is 3. The van der Waals surface area contributed by atoms with Crippen LogP contribution in [0, 0.1) is 6.92 Å². The first kappa shape index (κ1) is 14.0. The average molecular weight is 293 g/mol. The second-order valence-electron chi connectivity index (χ2n) is 4.99. The summed E-state index contributed by atoms with van der Waals surface area (Å²) >= 11 is 0. The topological polar surface area (TPSA) is 57.0 Å². The van der Waals surface area contributed by atoms with E-state index in [2.05, 4.69) is 10.3 Å². The Hall–Kier alpha value is -2.95. The summed E-state index contributed by atoms with van der Waals surface area (Å²) < 4.78 is 6.88. The minimum atomic E-state index is -0.511. The summed E-state index contributed by atoms with van der Waals surface area (Å²) in [6.45, 7) is 2.53. The van der Waals surface area contributed by atoms with Gasteiger partial charge in [-0.2, -0.15) is 0 Å². The van der Waals surface area contributed by atoms with Crippen molar-refractivity contribution in [3.63, 3.8) is 0 Å². The monoisotopic (exact) mass is 293 g/mol. The molecule has 0 N–H and O–H groups in total. The molecule has 110 valence electrons. The Bertz CT molecular complexity index is 764. The zero-order valence-corrected chi connectivity index (χ0v) is 12.1. The van der Waals surface area contributed by atoms with Gasteiger partial charge >= 0.3 is 5.97 Å². The van der Waals surface area contributed by atoms with Gasteiger partial charge < -0.3 is 4.74 Å². The van der Waals surface area contributed by atoms with Crippen molar-refractivity contribution in [2.45, 2.75) is 13.5 Å². The molecule has 3 rings (SSSR count). The molecule has 0 aliphatic carbocycles. The van der Waals surface area contributed by atoms with Gasteiger partial charge in [0.15, 0.2) is 5.69 Å². The highest BCUT2D eigenvalue weighted by atomic mass is 16.5. The predicted octanol–water partition coefficient (Wildman–Crippen LogP) is 2.85. The van der Waals surface area contributed by atoms with Crippen LogP contribution in [-0.4, -0.2) is 21.0 Å². The van der Waals surface area contributed by atoms with Crippen molar-refractivity contribution in [2.75, 3.05) is 0 Å². The van der Waals surface area contributed by atoms with Crippen molar-refractivity contribution in [1.29, 1.82) is 0 Å². The van der Waals surface area contributed by atoms with Gasteiger partial charge in [0, 0.05) is 0 Å². The van der Waals surface area contributed by atoms with Gasteiger partial charge in [0.1, 0.15) is 5.75 Å². The quantitative estimate of drug-likeness (QED) is 0.548. The summed E-state index contributed by atoms with van der Waals surface area (Å²) in [4.78, 5) is 12.0. The first-order valence-electron chi connectivity index (χ1n) is 6.93. The van der Waals surface area contributed by atoms with Gasteiger partial charge in [0.25, 0.3) is 0 Å². The molecule has 0 saturated heterocycles. The lowest BCUT2D eigenvalue weighted by atomic mass is 10.2. The van der Waals surface area contributed by atoms with E-state index in [0.29, 0.717) is 12.3 Å². The molecule has 0 bridgehead atoms. The van der Waals surface area contributed by atoms with E-state index in [1.54, 1.807) is 23.0 Å². The standard InChI is InChI=1S/C17H15N3O2/c1-13-7-9-15(10-8-13)22-17(21)16-12-20(19-18-16)11-14-5-3-2-4-6-14/h2-10,12H,11H2,1H3. The molecule has 0 unspecified atom stereocenters. The first-order valence-corrected chi connectivity index (χ1v) is 6.93.